The Balaban J connectivity index is 1.59. The first-order valence-corrected chi connectivity index (χ1v) is 11.5. The number of likely N-dealkylation sites (N-methyl/N-ethyl adjacent to an activating group) is 1. The molecule has 1 aliphatic heterocycles. The first-order valence-electron chi connectivity index (χ1n) is 10.6. The van der Waals surface area contributed by atoms with E-state index in [1.165, 1.54) is 5.01 Å². The molecule has 0 saturated heterocycles. The van der Waals surface area contributed by atoms with Crippen LogP contribution in [0.25, 0.3) is 10.2 Å². The van der Waals surface area contributed by atoms with Gasteiger partial charge in [0.15, 0.2) is 0 Å². The Morgan fingerprint density at radius 1 is 1.19 bits per heavy atom. The van der Waals surface area contributed by atoms with Crippen LogP contribution in [0.5, 0.6) is 0 Å². The fourth-order valence-corrected chi connectivity index (χ4v) is 4.62. The molecule has 1 aliphatic rings. The Morgan fingerprint density at radius 3 is 2.71 bits per heavy atom. The van der Waals surface area contributed by atoms with Crippen LogP contribution in [0.2, 0.25) is 0 Å². The van der Waals surface area contributed by atoms with Gasteiger partial charge in [-0.2, -0.15) is 5.10 Å². The van der Waals surface area contributed by atoms with Gasteiger partial charge < -0.3 is 14.8 Å². The van der Waals surface area contributed by atoms with Crippen LogP contribution >= 0.6 is 11.3 Å². The molecule has 31 heavy (non-hydrogen) atoms. The van der Waals surface area contributed by atoms with Gasteiger partial charge in [0.05, 0.1) is 22.5 Å². The van der Waals surface area contributed by atoms with E-state index in [-0.39, 0.29) is 18.4 Å². The number of nitrogens with one attached hydrogen (secondary N) is 1. The van der Waals surface area contributed by atoms with Gasteiger partial charge in [-0.3, -0.25) is 9.59 Å². The van der Waals surface area contributed by atoms with Gasteiger partial charge in [-0.15, -0.1) is 11.3 Å². The van der Waals surface area contributed by atoms with Crippen LogP contribution in [-0.2, 0) is 11.3 Å². The second-order valence-electron chi connectivity index (χ2n) is 7.44. The predicted molar refractivity (Wildman–Crippen MR) is 125 cm³/mol. The molecule has 1 N–H and O–H groups in total. The maximum Gasteiger partial charge on any atom is 0.291 e. The fourth-order valence-electron chi connectivity index (χ4n) is 3.80. The normalized spacial score (nSPS) is 14.0. The molecule has 0 aliphatic carbocycles. The minimum atomic E-state index is -0.256. The minimum absolute atomic E-state index is 0.105. The Kier molecular flexibility index (Phi) is 6.48. The van der Waals surface area contributed by atoms with Gasteiger partial charge in [0.25, 0.3) is 5.91 Å². The Labute approximate surface area is 185 Å². The average molecular weight is 438 g/mol. The van der Waals surface area contributed by atoms with E-state index in [4.69, 9.17) is 0 Å². The number of aromatic nitrogens is 1. The lowest BCUT2D eigenvalue weighted by Crippen LogP contribution is -2.41. The fraction of sp³-hybridized carbons (Fsp3) is 0.348. The van der Waals surface area contributed by atoms with E-state index in [1.807, 2.05) is 52.4 Å². The van der Waals surface area contributed by atoms with Crippen LogP contribution in [-0.4, -0.2) is 64.7 Å². The zero-order chi connectivity index (χ0) is 21.8. The number of rotatable bonds is 8. The molecule has 2 aromatic heterocycles. The van der Waals surface area contributed by atoms with E-state index in [2.05, 4.69) is 29.2 Å². The third-order valence-electron chi connectivity index (χ3n) is 5.57. The zero-order valence-corrected chi connectivity index (χ0v) is 18.7. The molecule has 8 heteroatoms. The van der Waals surface area contributed by atoms with E-state index < -0.39 is 0 Å². The monoisotopic (exact) mass is 437 g/mol. The first kappa shape index (κ1) is 21.3. The highest BCUT2D eigenvalue weighted by Gasteiger charge is 2.28. The molecule has 0 spiro atoms. The summed E-state index contributed by atoms with van der Waals surface area (Å²) in [4.78, 5) is 28.2. The van der Waals surface area contributed by atoms with Crippen molar-refractivity contribution in [2.75, 3.05) is 32.7 Å². The zero-order valence-electron chi connectivity index (χ0n) is 17.9. The van der Waals surface area contributed by atoms with E-state index in [0.717, 1.165) is 41.1 Å². The minimum Gasteiger partial charge on any atom is -0.353 e. The lowest BCUT2D eigenvalue weighted by molar-refractivity contribution is -0.121. The standard InChI is InChI=1S/C23H27N5O2S/c1-3-26(4-2)12-11-24-22(29)16-28-23(30)20-14-21-19(10-13-31-21)27(20)15-18(25-28)17-8-6-5-7-9-17/h5-10,13-14H,3-4,11-12,15-16H2,1-2H3,(H,24,29). The van der Waals surface area contributed by atoms with E-state index in [0.29, 0.717) is 18.8 Å². The lowest BCUT2D eigenvalue weighted by atomic mass is 10.1. The maximum absolute atomic E-state index is 13.3. The van der Waals surface area contributed by atoms with Gasteiger partial charge in [0.2, 0.25) is 5.91 Å². The molecule has 0 atom stereocenters. The molecule has 0 radical (unpaired) electrons. The van der Waals surface area contributed by atoms with Crippen molar-refractivity contribution in [3.63, 3.8) is 0 Å². The summed E-state index contributed by atoms with van der Waals surface area (Å²) < 4.78 is 3.06. The van der Waals surface area contributed by atoms with Crippen molar-refractivity contribution in [2.24, 2.45) is 5.10 Å². The number of benzene rings is 1. The van der Waals surface area contributed by atoms with Crippen LogP contribution in [0.15, 0.2) is 52.9 Å². The Bertz CT molecular complexity index is 1100. The highest BCUT2D eigenvalue weighted by atomic mass is 32.1. The number of hydrazone groups is 1. The highest BCUT2D eigenvalue weighted by molar-refractivity contribution is 7.17. The van der Waals surface area contributed by atoms with Crippen molar-refractivity contribution in [3.8, 4) is 0 Å². The summed E-state index contributed by atoms with van der Waals surface area (Å²) in [6.45, 7) is 7.78. The summed E-state index contributed by atoms with van der Waals surface area (Å²) in [6.07, 6.45) is 0. The van der Waals surface area contributed by atoms with Crippen molar-refractivity contribution < 1.29 is 9.59 Å². The number of fused-ring (bicyclic) bond motifs is 3. The van der Waals surface area contributed by atoms with Crippen LogP contribution in [0.4, 0.5) is 0 Å². The van der Waals surface area contributed by atoms with E-state index in [1.54, 1.807) is 11.3 Å². The van der Waals surface area contributed by atoms with Crippen molar-refractivity contribution in [1.82, 2.24) is 19.8 Å². The molecule has 3 aromatic rings. The number of carbonyl (C=O) groups excluding carboxylic acids is 2. The van der Waals surface area contributed by atoms with Gasteiger partial charge in [-0.1, -0.05) is 44.2 Å². The second kappa shape index (κ2) is 9.45. The maximum atomic E-state index is 13.3. The number of thiophene rings is 1. The molecular formula is C23H27N5O2S. The van der Waals surface area contributed by atoms with Crippen LogP contribution in [0.1, 0.15) is 29.9 Å². The topological polar surface area (TPSA) is 69.9 Å². The molecule has 0 fully saturated rings. The molecule has 0 bridgehead atoms. The molecule has 2 amide bonds. The van der Waals surface area contributed by atoms with Crippen molar-refractivity contribution in [1.29, 1.82) is 0 Å². The largest absolute Gasteiger partial charge is 0.353 e. The van der Waals surface area contributed by atoms with Gasteiger partial charge in [-0.25, -0.2) is 5.01 Å². The Morgan fingerprint density at radius 2 is 1.97 bits per heavy atom. The van der Waals surface area contributed by atoms with E-state index in [9.17, 15) is 9.59 Å². The Hall–Kier alpha value is -2.97. The molecule has 3 heterocycles. The third-order valence-corrected chi connectivity index (χ3v) is 6.42. The summed E-state index contributed by atoms with van der Waals surface area (Å²) in [5, 5.41) is 10.9. The van der Waals surface area contributed by atoms with E-state index >= 15 is 0 Å². The quantitative estimate of drug-likeness (QED) is 0.589. The van der Waals surface area contributed by atoms with Gasteiger partial charge in [0.1, 0.15) is 12.2 Å². The van der Waals surface area contributed by atoms with Crippen LogP contribution in [0.3, 0.4) is 0 Å². The number of hydrogen-bond acceptors (Lipinski definition) is 5. The second-order valence-corrected chi connectivity index (χ2v) is 8.39. The number of amides is 2. The molecule has 1 aromatic carbocycles. The van der Waals surface area contributed by atoms with Crippen molar-refractivity contribution >= 4 is 39.1 Å². The van der Waals surface area contributed by atoms with Crippen molar-refractivity contribution in [3.05, 3.63) is 59.1 Å². The summed E-state index contributed by atoms with van der Waals surface area (Å²) in [5.74, 6) is -0.466. The average Bonchev–Trinajstić information content (AvgIpc) is 3.35. The molecule has 0 saturated carbocycles. The summed E-state index contributed by atoms with van der Waals surface area (Å²) in [7, 11) is 0. The smallest absolute Gasteiger partial charge is 0.291 e. The number of hydrogen-bond donors (Lipinski definition) is 1. The van der Waals surface area contributed by atoms with Gasteiger partial charge in [-0.05, 0) is 36.2 Å². The summed E-state index contributed by atoms with van der Waals surface area (Å²) in [6, 6.07) is 13.7. The third kappa shape index (κ3) is 4.55. The highest BCUT2D eigenvalue weighted by Crippen LogP contribution is 2.28. The first-order chi connectivity index (χ1) is 15.1. The predicted octanol–water partition coefficient (Wildman–Crippen LogP) is 3.02. The number of nitrogens with zero attached hydrogens (tertiary/aromatic N) is 4. The van der Waals surface area contributed by atoms with Crippen LogP contribution in [0, 0.1) is 0 Å². The summed E-state index contributed by atoms with van der Waals surface area (Å²) >= 11 is 1.60. The molecule has 0 unspecified atom stereocenters. The number of carbonyl (C=O) groups is 2. The molecule has 7 nitrogen and oxygen atoms in total. The van der Waals surface area contributed by atoms with Gasteiger partial charge >= 0.3 is 0 Å². The van der Waals surface area contributed by atoms with Crippen molar-refractivity contribution in [2.45, 2.75) is 20.4 Å². The molecule has 4 rings (SSSR count). The summed E-state index contributed by atoms with van der Waals surface area (Å²) in [5.41, 5.74) is 3.27. The SMILES string of the molecule is CCN(CC)CCNC(=O)CN1N=C(c2ccccc2)Cn2c(cc3sccc32)C1=O. The lowest BCUT2D eigenvalue weighted by Gasteiger charge is -2.19. The van der Waals surface area contributed by atoms with Gasteiger partial charge in [0, 0.05) is 13.1 Å². The van der Waals surface area contributed by atoms with Crippen LogP contribution < -0.4 is 5.32 Å². The molecular weight excluding hydrogens is 410 g/mol. The molecule has 162 valence electrons.